The molecular formula is C12H11IN2O. The lowest BCUT2D eigenvalue weighted by atomic mass is 10.2. The van der Waals surface area contributed by atoms with Gasteiger partial charge < -0.3 is 0 Å². The SMILES string of the molecule is CC(I)C(=O)c1ccn(-c2ccccc2)n1. The van der Waals surface area contributed by atoms with Gasteiger partial charge in [-0.1, -0.05) is 40.8 Å². The Balaban J connectivity index is 2.30. The van der Waals surface area contributed by atoms with E-state index in [1.807, 2.05) is 43.5 Å². The van der Waals surface area contributed by atoms with Crippen LogP contribution in [0.3, 0.4) is 0 Å². The molecular weight excluding hydrogens is 315 g/mol. The zero-order valence-electron chi connectivity index (χ0n) is 8.80. The zero-order valence-corrected chi connectivity index (χ0v) is 11.0. The highest BCUT2D eigenvalue weighted by atomic mass is 127. The summed E-state index contributed by atoms with van der Waals surface area (Å²) in [7, 11) is 0. The maximum Gasteiger partial charge on any atom is 0.195 e. The number of carbonyl (C=O) groups is 1. The van der Waals surface area contributed by atoms with E-state index in [2.05, 4.69) is 27.7 Å². The highest BCUT2D eigenvalue weighted by molar-refractivity contribution is 14.1. The molecule has 2 aromatic rings. The predicted octanol–water partition coefficient (Wildman–Crippen LogP) is 2.88. The van der Waals surface area contributed by atoms with Crippen LogP contribution in [0.1, 0.15) is 17.4 Å². The van der Waals surface area contributed by atoms with Crippen LogP contribution in [0, 0.1) is 0 Å². The number of rotatable bonds is 3. The predicted molar refractivity (Wildman–Crippen MR) is 71.4 cm³/mol. The third kappa shape index (κ3) is 2.32. The number of benzene rings is 1. The highest BCUT2D eigenvalue weighted by Crippen LogP contribution is 2.11. The van der Waals surface area contributed by atoms with Gasteiger partial charge >= 0.3 is 0 Å². The summed E-state index contributed by atoms with van der Waals surface area (Å²) in [4.78, 5) is 11.7. The van der Waals surface area contributed by atoms with Crippen molar-refractivity contribution in [3.8, 4) is 5.69 Å². The van der Waals surface area contributed by atoms with E-state index in [9.17, 15) is 4.79 Å². The Morgan fingerprint density at radius 3 is 2.62 bits per heavy atom. The van der Waals surface area contributed by atoms with Crippen LogP contribution in [0.2, 0.25) is 0 Å². The van der Waals surface area contributed by atoms with E-state index in [1.165, 1.54) is 0 Å². The minimum Gasteiger partial charge on any atom is -0.291 e. The Morgan fingerprint density at radius 2 is 2.00 bits per heavy atom. The summed E-state index contributed by atoms with van der Waals surface area (Å²) >= 11 is 2.10. The molecule has 0 radical (unpaired) electrons. The first-order valence-electron chi connectivity index (χ1n) is 4.98. The maximum atomic E-state index is 11.7. The summed E-state index contributed by atoms with van der Waals surface area (Å²) in [5.41, 5.74) is 1.48. The molecule has 0 saturated carbocycles. The second kappa shape index (κ2) is 4.78. The number of hydrogen-bond donors (Lipinski definition) is 0. The van der Waals surface area contributed by atoms with Gasteiger partial charge in [-0.05, 0) is 25.1 Å². The number of para-hydroxylation sites is 1. The van der Waals surface area contributed by atoms with E-state index < -0.39 is 0 Å². The van der Waals surface area contributed by atoms with Crippen LogP contribution in [0.15, 0.2) is 42.6 Å². The number of alkyl halides is 1. The summed E-state index contributed by atoms with van der Waals surface area (Å²) in [5.74, 6) is 0.0651. The van der Waals surface area contributed by atoms with Crippen LogP contribution in [0.25, 0.3) is 5.69 Å². The van der Waals surface area contributed by atoms with Crippen molar-refractivity contribution in [1.29, 1.82) is 0 Å². The molecule has 0 aliphatic heterocycles. The van der Waals surface area contributed by atoms with Gasteiger partial charge in [0.05, 0.1) is 9.61 Å². The summed E-state index contributed by atoms with van der Waals surface area (Å²) in [6.07, 6.45) is 1.81. The number of hydrogen-bond acceptors (Lipinski definition) is 2. The van der Waals surface area contributed by atoms with Gasteiger partial charge in [0.25, 0.3) is 0 Å². The maximum absolute atomic E-state index is 11.7. The second-order valence-corrected chi connectivity index (χ2v) is 5.33. The van der Waals surface area contributed by atoms with Gasteiger partial charge in [-0.15, -0.1) is 0 Å². The van der Waals surface area contributed by atoms with Crippen LogP contribution in [-0.2, 0) is 0 Å². The van der Waals surface area contributed by atoms with E-state index in [4.69, 9.17) is 0 Å². The molecule has 1 aromatic heterocycles. The number of aromatic nitrogens is 2. The Hall–Kier alpha value is -1.17. The van der Waals surface area contributed by atoms with Gasteiger partial charge in [0, 0.05) is 6.20 Å². The Kier molecular flexibility index (Phi) is 3.38. The Bertz CT molecular complexity index is 491. The monoisotopic (exact) mass is 326 g/mol. The standard InChI is InChI=1S/C12H11IN2O/c1-9(13)12(16)11-7-8-15(14-11)10-5-3-2-4-6-10/h2-9H,1H3. The van der Waals surface area contributed by atoms with E-state index in [-0.39, 0.29) is 9.71 Å². The normalized spacial score (nSPS) is 12.4. The average molecular weight is 326 g/mol. The highest BCUT2D eigenvalue weighted by Gasteiger charge is 2.14. The first-order chi connectivity index (χ1) is 7.68. The van der Waals surface area contributed by atoms with Crippen LogP contribution in [-0.4, -0.2) is 19.5 Å². The van der Waals surface area contributed by atoms with E-state index >= 15 is 0 Å². The van der Waals surface area contributed by atoms with E-state index in [1.54, 1.807) is 10.7 Å². The fourth-order valence-corrected chi connectivity index (χ4v) is 1.70. The molecule has 4 heteroatoms. The third-order valence-corrected chi connectivity index (χ3v) is 2.79. The average Bonchev–Trinajstić information content (AvgIpc) is 2.78. The topological polar surface area (TPSA) is 34.9 Å². The molecule has 16 heavy (non-hydrogen) atoms. The molecule has 3 nitrogen and oxygen atoms in total. The van der Waals surface area contributed by atoms with E-state index in [0.29, 0.717) is 5.69 Å². The molecule has 0 aliphatic carbocycles. The summed E-state index contributed by atoms with van der Waals surface area (Å²) < 4.78 is 1.67. The zero-order chi connectivity index (χ0) is 11.5. The minimum atomic E-state index is -0.0447. The van der Waals surface area contributed by atoms with Crippen molar-refractivity contribution in [2.24, 2.45) is 0 Å². The summed E-state index contributed by atoms with van der Waals surface area (Å²) in [6.45, 7) is 1.87. The number of carbonyl (C=O) groups excluding carboxylic acids is 1. The number of Topliss-reactive ketones (excluding diaryl/α,β-unsaturated/α-hetero) is 1. The van der Waals surface area contributed by atoms with Crippen LogP contribution >= 0.6 is 22.6 Å². The van der Waals surface area contributed by atoms with Crippen molar-refractivity contribution in [2.45, 2.75) is 10.8 Å². The van der Waals surface area contributed by atoms with Crippen LogP contribution < -0.4 is 0 Å². The molecule has 0 spiro atoms. The molecule has 0 bridgehead atoms. The Morgan fingerprint density at radius 1 is 1.31 bits per heavy atom. The van der Waals surface area contributed by atoms with Crippen molar-refractivity contribution >= 4 is 28.4 Å². The molecule has 1 heterocycles. The van der Waals surface area contributed by atoms with Gasteiger partial charge in [0.1, 0.15) is 5.69 Å². The van der Waals surface area contributed by atoms with Crippen molar-refractivity contribution in [3.05, 3.63) is 48.3 Å². The molecule has 0 aliphatic rings. The smallest absolute Gasteiger partial charge is 0.195 e. The molecule has 0 N–H and O–H groups in total. The summed E-state index contributed by atoms with van der Waals surface area (Å²) in [6, 6.07) is 11.5. The molecule has 82 valence electrons. The lowest BCUT2D eigenvalue weighted by Gasteiger charge is -2.00. The lowest BCUT2D eigenvalue weighted by Crippen LogP contribution is -2.11. The number of nitrogens with zero attached hydrogens (tertiary/aromatic N) is 2. The lowest BCUT2D eigenvalue weighted by molar-refractivity contribution is 0.0993. The molecule has 1 aromatic carbocycles. The number of ketones is 1. The van der Waals surface area contributed by atoms with Crippen molar-refractivity contribution in [3.63, 3.8) is 0 Å². The van der Waals surface area contributed by atoms with Crippen LogP contribution in [0.4, 0.5) is 0 Å². The van der Waals surface area contributed by atoms with Crippen molar-refractivity contribution in [1.82, 2.24) is 9.78 Å². The molecule has 1 atom stereocenters. The van der Waals surface area contributed by atoms with Gasteiger partial charge in [-0.3, -0.25) is 4.79 Å². The largest absolute Gasteiger partial charge is 0.291 e. The number of halogens is 1. The second-order valence-electron chi connectivity index (χ2n) is 3.46. The van der Waals surface area contributed by atoms with Crippen molar-refractivity contribution in [2.75, 3.05) is 0 Å². The van der Waals surface area contributed by atoms with Gasteiger partial charge in [-0.2, -0.15) is 5.10 Å². The Labute approximate surface area is 108 Å². The van der Waals surface area contributed by atoms with Crippen molar-refractivity contribution < 1.29 is 4.79 Å². The molecule has 0 saturated heterocycles. The minimum absolute atomic E-state index is 0.0447. The summed E-state index contributed by atoms with van der Waals surface area (Å²) in [5, 5.41) is 4.26. The molecule has 0 fully saturated rings. The fraction of sp³-hybridized carbons (Fsp3) is 0.167. The quantitative estimate of drug-likeness (QED) is 0.494. The van der Waals surface area contributed by atoms with Gasteiger partial charge in [0.2, 0.25) is 0 Å². The van der Waals surface area contributed by atoms with Crippen LogP contribution in [0.5, 0.6) is 0 Å². The first kappa shape index (κ1) is 11.3. The molecule has 2 rings (SSSR count). The van der Waals surface area contributed by atoms with Gasteiger partial charge in [-0.25, -0.2) is 4.68 Å². The third-order valence-electron chi connectivity index (χ3n) is 2.22. The van der Waals surface area contributed by atoms with E-state index in [0.717, 1.165) is 5.69 Å². The first-order valence-corrected chi connectivity index (χ1v) is 6.22. The molecule has 1 unspecified atom stereocenters. The van der Waals surface area contributed by atoms with Gasteiger partial charge in [0.15, 0.2) is 5.78 Å². The fourth-order valence-electron chi connectivity index (χ4n) is 1.38. The molecule has 0 amide bonds.